The lowest BCUT2D eigenvalue weighted by atomic mass is 10.1. The van der Waals surface area contributed by atoms with Crippen LogP contribution in [0.25, 0.3) is 0 Å². The lowest BCUT2D eigenvalue weighted by Gasteiger charge is -2.13. The average molecular weight is 338 g/mol. The number of carbonyl (C=O) groups excluding carboxylic acids is 1. The fourth-order valence-corrected chi connectivity index (χ4v) is 1.94. The lowest BCUT2D eigenvalue weighted by Crippen LogP contribution is -2.32. The van der Waals surface area contributed by atoms with Gasteiger partial charge in [-0.2, -0.15) is 0 Å². The predicted octanol–water partition coefficient (Wildman–Crippen LogP) is 3.10. The molecule has 0 aromatic heterocycles. The topological polar surface area (TPSA) is 29.1 Å². The van der Waals surface area contributed by atoms with Gasteiger partial charge in [0.1, 0.15) is 5.38 Å². The zero-order chi connectivity index (χ0) is 11.4. The second-order valence-electron chi connectivity index (χ2n) is 3.58. The zero-order valence-corrected chi connectivity index (χ0v) is 11.5. The van der Waals surface area contributed by atoms with Gasteiger partial charge in [-0.3, -0.25) is 4.79 Å². The number of hydrogen-bond acceptors (Lipinski definition) is 1. The third-order valence-corrected chi connectivity index (χ3v) is 2.92. The summed E-state index contributed by atoms with van der Waals surface area (Å²) in [6.45, 7) is 3.83. The van der Waals surface area contributed by atoms with Gasteiger partial charge in [0.2, 0.25) is 5.91 Å². The predicted molar refractivity (Wildman–Crippen MR) is 71.0 cm³/mol. The van der Waals surface area contributed by atoms with Crippen molar-refractivity contribution in [2.45, 2.75) is 25.3 Å². The highest BCUT2D eigenvalue weighted by molar-refractivity contribution is 14.1. The SMILES string of the molecule is CC(C)NC(=O)C(Cl)c1cccc(I)c1. The minimum atomic E-state index is -0.609. The molecule has 1 rings (SSSR count). The summed E-state index contributed by atoms with van der Waals surface area (Å²) in [6.07, 6.45) is 0. The highest BCUT2D eigenvalue weighted by Crippen LogP contribution is 2.22. The van der Waals surface area contributed by atoms with Crippen LogP contribution in [0, 0.1) is 3.57 Å². The number of rotatable bonds is 3. The van der Waals surface area contributed by atoms with Crippen molar-refractivity contribution in [3.63, 3.8) is 0 Å². The maximum absolute atomic E-state index is 11.6. The molecule has 0 saturated heterocycles. The van der Waals surface area contributed by atoms with Crippen molar-refractivity contribution in [3.05, 3.63) is 33.4 Å². The van der Waals surface area contributed by atoms with E-state index in [1.54, 1.807) is 0 Å². The smallest absolute Gasteiger partial charge is 0.242 e. The highest BCUT2D eigenvalue weighted by atomic mass is 127. The van der Waals surface area contributed by atoms with Crippen LogP contribution >= 0.6 is 34.2 Å². The van der Waals surface area contributed by atoms with Crippen molar-refractivity contribution in [1.29, 1.82) is 0 Å². The summed E-state index contributed by atoms with van der Waals surface area (Å²) in [7, 11) is 0. The van der Waals surface area contributed by atoms with E-state index in [0.29, 0.717) is 0 Å². The molecule has 1 N–H and O–H groups in total. The van der Waals surface area contributed by atoms with Gasteiger partial charge in [0, 0.05) is 9.61 Å². The monoisotopic (exact) mass is 337 g/mol. The Labute approximate surface area is 109 Å². The van der Waals surface area contributed by atoms with Crippen molar-refractivity contribution < 1.29 is 4.79 Å². The molecular weight excluding hydrogens is 324 g/mol. The van der Waals surface area contributed by atoms with Gasteiger partial charge in [0.05, 0.1) is 0 Å². The molecule has 1 aromatic carbocycles. The first-order valence-corrected chi connectivity index (χ1v) is 6.22. The lowest BCUT2D eigenvalue weighted by molar-refractivity contribution is -0.121. The van der Waals surface area contributed by atoms with Crippen molar-refractivity contribution in [1.82, 2.24) is 5.32 Å². The molecule has 0 aliphatic heterocycles. The van der Waals surface area contributed by atoms with E-state index in [1.165, 1.54) is 0 Å². The van der Waals surface area contributed by atoms with Gasteiger partial charge in [-0.25, -0.2) is 0 Å². The van der Waals surface area contributed by atoms with Crippen LogP contribution in [0.5, 0.6) is 0 Å². The molecular formula is C11H13ClINO. The summed E-state index contributed by atoms with van der Waals surface area (Å²) in [5.74, 6) is -0.145. The second-order valence-corrected chi connectivity index (χ2v) is 5.26. The molecule has 0 spiro atoms. The number of alkyl halides is 1. The van der Waals surface area contributed by atoms with Gasteiger partial charge < -0.3 is 5.32 Å². The van der Waals surface area contributed by atoms with Crippen LogP contribution in [0.1, 0.15) is 24.8 Å². The molecule has 0 heterocycles. The number of benzene rings is 1. The largest absolute Gasteiger partial charge is 0.352 e. The summed E-state index contributed by atoms with van der Waals surface area (Å²) >= 11 is 8.25. The van der Waals surface area contributed by atoms with Crippen molar-refractivity contribution in [2.24, 2.45) is 0 Å². The van der Waals surface area contributed by atoms with Gasteiger partial charge in [-0.05, 0) is 54.1 Å². The molecule has 1 aromatic rings. The summed E-state index contributed by atoms with van der Waals surface area (Å²) in [4.78, 5) is 11.6. The molecule has 1 amide bonds. The Morgan fingerprint density at radius 2 is 2.13 bits per heavy atom. The second kappa shape index (κ2) is 5.70. The third kappa shape index (κ3) is 3.99. The molecule has 82 valence electrons. The molecule has 0 aliphatic carbocycles. The maximum Gasteiger partial charge on any atom is 0.242 e. The Balaban J connectivity index is 2.76. The normalized spacial score (nSPS) is 12.6. The molecule has 1 atom stereocenters. The molecule has 0 saturated carbocycles. The molecule has 0 radical (unpaired) electrons. The fraction of sp³-hybridized carbons (Fsp3) is 0.364. The molecule has 1 unspecified atom stereocenters. The molecule has 0 bridgehead atoms. The maximum atomic E-state index is 11.6. The van der Waals surface area contributed by atoms with E-state index in [1.807, 2.05) is 38.1 Å². The summed E-state index contributed by atoms with van der Waals surface area (Å²) in [5, 5.41) is 2.18. The van der Waals surface area contributed by atoms with Gasteiger partial charge in [-0.1, -0.05) is 12.1 Å². The van der Waals surface area contributed by atoms with E-state index in [0.717, 1.165) is 9.13 Å². The van der Waals surface area contributed by atoms with Crippen LogP contribution in [0.15, 0.2) is 24.3 Å². The Morgan fingerprint density at radius 1 is 1.47 bits per heavy atom. The van der Waals surface area contributed by atoms with Crippen LogP contribution in [-0.4, -0.2) is 11.9 Å². The minimum absolute atomic E-state index is 0.113. The van der Waals surface area contributed by atoms with E-state index in [2.05, 4.69) is 27.9 Å². The van der Waals surface area contributed by atoms with E-state index < -0.39 is 5.38 Å². The number of halogens is 2. The molecule has 2 nitrogen and oxygen atoms in total. The minimum Gasteiger partial charge on any atom is -0.352 e. The summed E-state index contributed by atoms with van der Waals surface area (Å²) in [5.41, 5.74) is 0.835. The quantitative estimate of drug-likeness (QED) is 0.666. The van der Waals surface area contributed by atoms with Crippen LogP contribution in [0.4, 0.5) is 0 Å². The van der Waals surface area contributed by atoms with Crippen LogP contribution in [0.2, 0.25) is 0 Å². The van der Waals surface area contributed by atoms with Crippen molar-refractivity contribution in [3.8, 4) is 0 Å². The Hall–Kier alpha value is -0.290. The summed E-state index contributed by atoms with van der Waals surface area (Å²) in [6, 6.07) is 7.75. The highest BCUT2D eigenvalue weighted by Gasteiger charge is 2.17. The first-order chi connectivity index (χ1) is 7.00. The van der Waals surface area contributed by atoms with Gasteiger partial charge in [-0.15, -0.1) is 11.6 Å². The average Bonchev–Trinajstić information content (AvgIpc) is 2.15. The van der Waals surface area contributed by atoms with E-state index in [4.69, 9.17) is 11.6 Å². The van der Waals surface area contributed by atoms with E-state index in [-0.39, 0.29) is 11.9 Å². The van der Waals surface area contributed by atoms with E-state index in [9.17, 15) is 4.79 Å². The van der Waals surface area contributed by atoms with Crippen LogP contribution < -0.4 is 5.32 Å². The first-order valence-electron chi connectivity index (χ1n) is 4.70. The standard InChI is InChI=1S/C11H13ClINO/c1-7(2)14-11(15)10(12)8-4-3-5-9(13)6-8/h3-7,10H,1-2H3,(H,14,15). The van der Waals surface area contributed by atoms with Gasteiger partial charge in [0.25, 0.3) is 0 Å². The third-order valence-electron chi connectivity index (χ3n) is 1.80. The van der Waals surface area contributed by atoms with E-state index >= 15 is 0 Å². The van der Waals surface area contributed by atoms with Crippen molar-refractivity contribution >= 4 is 40.1 Å². The number of amides is 1. The Bertz CT molecular complexity index is 354. The molecule has 0 fully saturated rings. The van der Waals surface area contributed by atoms with Crippen molar-refractivity contribution in [2.75, 3.05) is 0 Å². The molecule has 4 heteroatoms. The number of nitrogens with one attached hydrogen (secondary N) is 1. The Kier molecular flexibility index (Phi) is 4.86. The zero-order valence-electron chi connectivity index (χ0n) is 8.63. The number of carbonyl (C=O) groups is 1. The molecule has 15 heavy (non-hydrogen) atoms. The van der Waals surface area contributed by atoms with Gasteiger partial charge in [0.15, 0.2) is 0 Å². The fourth-order valence-electron chi connectivity index (χ4n) is 1.17. The Morgan fingerprint density at radius 3 is 2.67 bits per heavy atom. The summed E-state index contributed by atoms with van der Waals surface area (Å²) < 4.78 is 1.08. The van der Waals surface area contributed by atoms with Crippen LogP contribution in [-0.2, 0) is 4.79 Å². The molecule has 0 aliphatic rings. The van der Waals surface area contributed by atoms with Gasteiger partial charge >= 0.3 is 0 Å². The van der Waals surface area contributed by atoms with Crippen LogP contribution in [0.3, 0.4) is 0 Å². The first kappa shape index (κ1) is 12.8. The number of hydrogen-bond donors (Lipinski definition) is 1.